The number of aromatic nitrogens is 1. The fourth-order valence-corrected chi connectivity index (χ4v) is 2.27. The number of nitrogens with two attached hydrogens (primary N) is 1. The topological polar surface area (TPSA) is 97.5 Å². The van der Waals surface area contributed by atoms with E-state index in [0.717, 1.165) is 0 Å². The first-order valence-electron chi connectivity index (χ1n) is 8.28. The Balaban J connectivity index is 2.30. The largest absolute Gasteiger partial charge is 0.444 e. The van der Waals surface area contributed by atoms with Crippen LogP contribution < -0.4 is 16.0 Å². The van der Waals surface area contributed by atoms with Gasteiger partial charge in [-0.15, -0.1) is 0 Å². The van der Waals surface area contributed by atoms with Gasteiger partial charge in [0.1, 0.15) is 11.6 Å². The zero-order chi connectivity index (χ0) is 19.3. The van der Waals surface area contributed by atoms with Crippen LogP contribution in [0.5, 0.6) is 0 Å². The highest BCUT2D eigenvalue weighted by molar-refractivity contribution is 6.05. The van der Waals surface area contributed by atoms with Crippen LogP contribution >= 0.6 is 0 Å². The van der Waals surface area contributed by atoms with Gasteiger partial charge in [0.2, 0.25) is 0 Å². The zero-order valence-corrected chi connectivity index (χ0v) is 15.4. The van der Waals surface area contributed by atoms with E-state index in [9.17, 15) is 9.59 Å². The molecule has 0 bridgehead atoms. The lowest BCUT2D eigenvalue weighted by molar-refractivity contribution is -0.119. The molecule has 0 radical (unpaired) electrons. The molecule has 2 aromatic rings. The van der Waals surface area contributed by atoms with Crippen LogP contribution in [-0.4, -0.2) is 28.6 Å². The van der Waals surface area contributed by atoms with Crippen LogP contribution in [0, 0.1) is 0 Å². The first-order valence-corrected chi connectivity index (χ1v) is 8.28. The van der Waals surface area contributed by atoms with Crippen molar-refractivity contribution in [2.45, 2.75) is 39.3 Å². The second-order valence-electron chi connectivity index (χ2n) is 6.79. The van der Waals surface area contributed by atoms with Crippen LogP contribution in [0.25, 0.3) is 0 Å². The lowest BCUT2D eigenvalue weighted by atomic mass is 10.2. The van der Waals surface area contributed by atoms with E-state index < -0.39 is 17.7 Å². The smallest absolute Gasteiger partial charge is 0.408 e. The number of carbonyl (C=O) groups excluding carboxylic acids is 2. The Labute approximate surface area is 153 Å². The Morgan fingerprint density at radius 3 is 2.38 bits per heavy atom. The van der Waals surface area contributed by atoms with Crippen LogP contribution in [0.15, 0.2) is 48.7 Å². The number of nitrogens with one attached hydrogen (secondary N) is 1. The van der Waals surface area contributed by atoms with Crippen molar-refractivity contribution in [3.05, 3.63) is 48.7 Å². The minimum absolute atomic E-state index is 0.307. The molecule has 3 N–H and O–H groups in total. The van der Waals surface area contributed by atoms with Gasteiger partial charge >= 0.3 is 6.09 Å². The molecule has 0 spiro atoms. The lowest BCUT2D eigenvalue weighted by Gasteiger charge is -2.27. The van der Waals surface area contributed by atoms with E-state index >= 15 is 0 Å². The molecule has 0 fully saturated rings. The van der Waals surface area contributed by atoms with Crippen molar-refractivity contribution < 1.29 is 14.3 Å². The minimum Gasteiger partial charge on any atom is -0.444 e. The average Bonchev–Trinajstić information content (AvgIpc) is 2.56. The molecule has 0 aliphatic rings. The molecular formula is C19H24N4O3. The molecule has 2 rings (SSSR count). The number of hydrogen-bond acceptors (Lipinski definition) is 5. The Morgan fingerprint density at radius 1 is 1.15 bits per heavy atom. The molecule has 0 aliphatic carbocycles. The highest BCUT2D eigenvalue weighted by Gasteiger charge is 2.28. The third-order valence-corrected chi connectivity index (χ3v) is 3.37. The number of anilines is 3. The summed E-state index contributed by atoms with van der Waals surface area (Å²) >= 11 is 0. The van der Waals surface area contributed by atoms with Gasteiger partial charge in [-0.3, -0.25) is 9.69 Å². The number of nitrogen functional groups attached to an aromatic ring is 1. The van der Waals surface area contributed by atoms with Gasteiger partial charge in [0.05, 0.1) is 11.4 Å². The molecule has 26 heavy (non-hydrogen) atoms. The molecule has 1 aromatic carbocycles. The summed E-state index contributed by atoms with van der Waals surface area (Å²) in [5.74, 6) is -0.0750. The van der Waals surface area contributed by atoms with E-state index in [0.29, 0.717) is 17.2 Å². The van der Waals surface area contributed by atoms with Crippen molar-refractivity contribution in [3.63, 3.8) is 0 Å². The number of amides is 2. The zero-order valence-electron chi connectivity index (χ0n) is 15.4. The molecule has 1 unspecified atom stereocenters. The predicted octanol–water partition coefficient (Wildman–Crippen LogP) is 3.24. The van der Waals surface area contributed by atoms with E-state index in [1.807, 2.05) is 6.07 Å². The maximum atomic E-state index is 13.1. The lowest BCUT2D eigenvalue weighted by Crippen LogP contribution is -2.47. The van der Waals surface area contributed by atoms with E-state index in [4.69, 9.17) is 10.5 Å². The molecule has 7 heteroatoms. The van der Waals surface area contributed by atoms with Gasteiger partial charge < -0.3 is 15.8 Å². The SMILES string of the molecule is CC(NC(=O)OC(C)(C)C)C(=O)N(c1ccccc1)c1ncccc1N. The Bertz CT molecular complexity index is 772. The van der Waals surface area contributed by atoms with Crippen LogP contribution in [0.1, 0.15) is 27.7 Å². The van der Waals surface area contributed by atoms with Gasteiger partial charge in [-0.1, -0.05) is 18.2 Å². The molecule has 138 valence electrons. The van der Waals surface area contributed by atoms with Crippen LogP contribution in [0.4, 0.5) is 22.0 Å². The number of alkyl carbamates (subject to hydrolysis) is 1. The van der Waals surface area contributed by atoms with Crippen molar-refractivity contribution in [1.82, 2.24) is 10.3 Å². The molecule has 7 nitrogen and oxygen atoms in total. The molecule has 0 saturated heterocycles. The molecule has 0 aliphatic heterocycles. The highest BCUT2D eigenvalue weighted by atomic mass is 16.6. The number of pyridine rings is 1. The summed E-state index contributed by atoms with van der Waals surface area (Å²) in [6.45, 7) is 6.85. The van der Waals surface area contributed by atoms with Gasteiger partial charge in [-0.25, -0.2) is 9.78 Å². The molecule has 1 heterocycles. The predicted molar refractivity (Wildman–Crippen MR) is 101 cm³/mol. The van der Waals surface area contributed by atoms with Crippen LogP contribution in [0.3, 0.4) is 0 Å². The number of hydrogen-bond donors (Lipinski definition) is 2. The first-order chi connectivity index (χ1) is 12.2. The summed E-state index contributed by atoms with van der Waals surface area (Å²) < 4.78 is 5.21. The summed E-state index contributed by atoms with van der Waals surface area (Å²) in [5, 5.41) is 2.55. The highest BCUT2D eigenvalue weighted by Crippen LogP contribution is 2.28. The maximum Gasteiger partial charge on any atom is 0.408 e. The quantitative estimate of drug-likeness (QED) is 0.876. The third kappa shape index (κ3) is 4.95. The minimum atomic E-state index is -0.841. The number of ether oxygens (including phenoxy) is 1. The summed E-state index contributed by atoms with van der Waals surface area (Å²) in [5.41, 5.74) is 6.31. The van der Waals surface area contributed by atoms with Crippen LogP contribution in [-0.2, 0) is 9.53 Å². The number of carbonyl (C=O) groups is 2. The Hall–Kier alpha value is -3.09. The molecule has 0 saturated carbocycles. The van der Waals surface area contributed by atoms with Crippen molar-refractivity contribution in [2.24, 2.45) is 0 Å². The second-order valence-corrected chi connectivity index (χ2v) is 6.79. The van der Waals surface area contributed by atoms with Gasteiger partial charge in [0.15, 0.2) is 5.82 Å². The van der Waals surface area contributed by atoms with E-state index in [1.165, 1.54) is 4.90 Å². The van der Waals surface area contributed by atoms with E-state index in [1.54, 1.807) is 70.3 Å². The standard InChI is InChI=1S/C19H24N4O3/c1-13(22-18(25)26-19(2,3)4)17(24)23(14-9-6-5-7-10-14)16-15(20)11-8-12-21-16/h5-13H,20H2,1-4H3,(H,22,25). The van der Waals surface area contributed by atoms with Crippen molar-refractivity contribution in [2.75, 3.05) is 10.6 Å². The fraction of sp³-hybridized carbons (Fsp3) is 0.316. The number of rotatable bonds is 4. The number of benzene rings is 1. The number of nitrogens with zero attached hydrogens (tertiary/aromatic N) is 2. The molecule has 1 atom stereocenters. The van der Waals surface area contributed by atoms with Gasteiger partial charge in [-0.05, 0) is 52.0 Å². The summed E-state index contributed by atoms with van der Waals surface area (Å²) in [7, 11) is 0. The van der Waals surface area contributed by atoms with Gasteiger partial charge in [0, 0.05) is 6.20 Å². The van der Waals surface area contributed by atoms with Gasteiger partial charge in [-0.2, -0.15) is 0 Å². The van der Waals surface area contributed by atoms with E-state index in [-0.39, 0.29) is 5.91 Å². The van der Waals surface area contributed by atoms with Gasteiger partial charge in [0.25, 0.3) is 5.91 Å². The summed E-state index contributed by atoms with van der Waals surface area (Å²) in [4.78, 5) is 30.7. The summed E-state index contributed by atoms with van der Waals surface area (Å²) in [6, 6.07) is 11.5. The monoisotopic (exact) mass is 356 g/mol. The Kier molecular flexibility index (Phi) is 5.82. The second kappa shape index (κ2) is 7.86. The first kappa shape index (κ1) is 19.2. The van der Waals surface area contributed by atoms with Crippen LogP contribution in [0.2, 0.25) is 0 Å². The molecular weight excluding hydrogens is 332 g/mol. The summed E-state index contributed by atoms with van der Waals surface area (Å²) in [6.07, 6.45) is 0.890. The van der Waals surface area contributed by atoms with Crippen molar-refractivity contribution in [1.29, 1.82) is 0 Å². The van der Waals surface area contributed by atoms with Crippen molar-refractivity contribution in [3.8, 4) is 0 Å². The average molecular weight is 356 g/mol. The normalized spacial score (nSPS) is 12.2. The Morgan fingerprint density at radius 2 is 1.81 bits per heavy atom. The van der Waals surface area contributed by atoms with Crippen molar-refractivity contribution >= 4 is 29.2 Å². The maximum absolute atomic E-state index is 13.1. The molecule has 1 aromatic heterocycles. The number of para-hydroxylation sites is 1. The van der Waals surface area contributed by atoms with E-state index in [2.05, 4.69) is 10.3 Å². The third-order valence-electron chi connectivity index (χ3n) is 3.37. The molecule has 2 amide bonds. The fourth-order valence-electron chi connectivity index (χ4n) is 2.27.